The van der Waals surface area contributed by atoms with Gasteiger partial charge in [0.25, 0.3) is 0 Å². The second-order valence-corrected chi connectivity index (χ2v) is 14.8. The van der Waals surface area contributed by atoms with Crippen LogP contribution in [0.3, 0.4) is 0 Å². The molecule has 0 spiro atoms. The summed E-state index contributed by atoms with van der Waals surface area (Å²) in [5.41, 5.74) is 13.7. The lowest BCUT2D eigenvalue weighted by Gasteiger charge is -2.15. The highest BCUT2D eigenvalue weighted by Gasteiger charge is 2.27. The number of rotatable bonds is 5. The molecule has 0 bridgehead atoms. The molecule has 0 N–H and O–H groups in total. The van der Waals surface area contributed by atoms with Crippen LogP contribution in [0, 0.1) is 0 Å². The van der Waals surface area contributed by atoms with E-state index in [1.165, 1.54) is 43.8 Å². The molecule has 12 rings (SSSR count). The third kappa shape index (κ3) is 5.12. The standard InChI is InChI=1S/C53H31N3O/c1-2-10-32(11-3-1)40-29-45-43-17-8-14-35-15-9-18-44(49(35)43)50(45)46(30-40)53-55-51(36-23-20-34(21-24-36)38-25-22-33-12-4-5-13-37(33)28-38)54-52(56-53)39-26-27-42-41-16-6-7-19-47(41)57-48(42)31-39/h1-31H. The first-order chi connectivity index (χ1) is 28.2. The molecule has 1 aliphatic carbocycles. The Morgan fingerprint density at radius 1 is 0.298 bits per heavy atom. The van der Waals surface area contributed by atoms with Crippen molar-refractivity contribution in [2.45, 2.75) is 0 Å². The fourth-order valence-corrected chi connectivity index (χ4v) is 8.69. The minimum atomic E-state index is 0.587. The summed E-state index contributed by atoms with van der Waals surface area (Å²) in [6.07, 6.45) is 0. The summed E-state index contributed by atoms with van der Waals surface area (Å²) < 4.78 is 6.35. The van der Waals surface area contributed by atoms with Crippen molar-refractivity contribution in [1.82, 2.24) is 15.0 Å². The molecule has 0 amide bonds. The Labute approximate surface area is 328 Å². The second-order valence-electron chi connectivity index (χ2n) is 14.8. The van der Waals surface area contributed by atoms with E-state index in [9.17, 15) is 0 Å². The monoisotopic (exact) mass is 725 g/mol. The molecule has 0 unspecified atom stereocenters. The van der Waals surface area contributed by atoms with Crippen molar-refractivity contribution in [3.8, 4) is 78.7 Å². The maximum atomic E-state index is 6.35. The number of para-hydroxylation sites is 1. The van der Waals surface area contributed by atoms with Gasteiger partial charge in [0.05, 0.1) is 0 Å². The van der Waals surface area contributed by atoms with E-state index in [1.54, 1.807) is 0 Å². The molecule has 0 aliphatic heterocycles. The van der Waals surface area contributed by atoms with Gasteiger partial charge in [-0.3, -0.25) is 0 Å². The molecule has 0 atom stereocenters. The summed E-state index contributed by atoms with van der Waals surface area (Å²) in [5.74, 6) is 1.82. The number of hydrogen-bond acceptors (Lipinski definition) is 4. The number of aromatic nitrogens is 3. The predicted octanol–water partition coefficient (Wildman–Crippen LogP) is 14.1. The van der Waals surface area contributed by atoms with Crippen LogP contribution in [0.15, 0.2) is 192 Å². The molecule has 1 aliphatic rings. The topological polar surface area (TPSA) is 51.8 Å². The van der Waals surface area contributed by atoms with Crippen LogP contribution in [0.5, 0.6) is 0 Å². The van der Waals surface area contributed by atoms with Gasteiger partial charge in [0.1, 0.15) is 11.2 Å². The molecule has 0 radical (unpaired) electrons. The van der Waals surface area contributed by atoms with Crippen molar-refractivity contribution in [1.29, 1.82) is 0 Å². The lowest BCUT2D eigenvalue weighted by Crippen LogP contribution is -2.01. The number of benzene rings is 9. The van der Waals surface area contributed by atoms with Crippen molar-refractivity contribution in [3.63, 3.8) is 0 Å². The van der Waals surface area contributed by atoms with Crippen molar-refractivity contribution >= 4 is 43.5 Å². The number of hydrogen-bond donors (Lipinski definition) is 0. The van der Waals surface area contributed by atoms with Gasteiger partial charge in [-0.05, 0) is 96.9 Å². The first kappa shape index (κ1) is 31.6. The van der Waals surface area contributed by atoms with Crippen LogP contribution in [0.25, 0.3) is 122 Å². The Kier molecular flexibility index (Phi) is 6.89. The third-order valence-corrected chi connectivity index (χ3v) is 11.4. The Hall–Kier alpha value is -7.69. The Morgan fingerprint density at radius 2 is 0.912 bits per heavy atom. The highest BCUT2D eigenvalue weighted by atomic mass is 16.3. The molecular weight excluding hydrogens is 695 g/mol. The van der Waals surface area contributed by atoms with E-state index in [-0.39, 0.29) is 0 Å². The summed E-state index contributed by atoms with van der Waals surface area (Å²) in [5, 5.41) is 7.07. The lowest BCUT2D eigenvalue weighted by atomic mass is 9.92. The van der Waals surface area contributed by atoms with Crippen molar-refractivity contribution in [2.24, 2.45) is 0 Å². The smallest absolute Gasteiger partial charge is 0.164 e. The average molecular weight is 726 g/mol. The number of nitrogens with zero attached hydrogens (tertiary/aromatic N) is 3. The van der Waals surface area contributed by atoms with E-state index in [4.69, 9.17) is 19.4 Å². The zero-order valence-corrected chi connectivity index (χ0v) is 30.6. The summed E-state index contributed by atoms with van der Waals surface area (Å²) in [4.78, 5) is 15.9. The highest BCUT2D eigenvalue weighted by Crippen LogP contribution is 2.52. The van der Waals surface area contributed by atoms with Gasteiger partial charge in [0.15, 0.2) is 17.5 Å². The number of furan rings is 1. The van der Waals surface area contributed by atoms with E-state index < -0.39 is 0 Å². The van der Waals surface area contributed by atoms with Gasteiger partial charge in [-0.25, -0.2) is 15.0 Å². The molecule has 11 aromatic rings. The highest BCUT2D eigenvalue weighted by molar-refractivity contribution is 6.18. The SMILES string of the molecule is c1ccc(-c2cc(-c3nc(-c4ccc(-c5ccc6ccccc6c5)cc4)nc(-c4ccc5c(c4)oc4ccccc45)n3)c3c(c2)-c2cccc4cccc-3c24)cc1. The van der Waals surface area contributed by atoms with Crippen LogP contribution < -0.4 is 0 Å². The average Bonchev–Trinajstić information content (AvgIpc) is 3.82. The molecule has 0 fully saturated rings. The van der Waals surface area contributed by atoms with Crippen LogP contribution in [0.2, 0.25) is 0 Å². The fraction of sp³-hybridized carbons (Fsp3) is 0. The maximum Gasteiger partial charge on any atom is 0.164 e. The molecule has 4 heteroatoms. The zero-order chi connectivity index (χ0) is 37.5. The van der Waals surface area contributed by atoms with E-state index in [1.807, 2.05) is 18.2 Å². The minimum Gasteiger partial charge on any atom is -0.456 e. The summed E-state index contributed by atoms with van der Waals surface area (Å²) in [6.45, 7) is 0. The Morgan fingerprint density at radius 3 is 1.77 bits per heavy atom. The molecule has 0 saturated heterocycles. The van der Waals surface area contributed by atoms with Crippen LogP contribution >= 0.6 is 0 Å². The molecule has 0 saturated carbocycles. The van der Waals surface area contributed by atoms with Crippen LogP contribution in [0.4, 0.5) is 0 Å². The summed E-state index contributed by atoms with van der Waals surface area (Å²) in [6, 6.07) is 66.4. The van der Waals surface area contributed by atoms with Gasteiger partial charge in [-0.1, -0.05) is 152 Å². The van der Waals surface area contributed by atoms with E-state index in [2.05, 4.69) is 170 Å². The zero-order valence-electron chi connectivity index (χ0n) is 30.6. The van der Waals surface area contributed by atoms with Crippen molar-refractivity contribution < 1.29 is 4.42 Å². The molecule has 2 heterocycles. The quantitative estimate of drug-likeness (QED) is 0.177. The van der Waals surface area contributed by atoms with E-state index in [0.717, 1.165) is 60.9 Å². The fourth-order valence-electron chi connectivity index (χ4n) is 8.69. The predicted molar refractivity (Wildman–Crippen MR) is 234 cm³/mol. The normalized spacial score (nSPS) is 11.9. The largest absolute Gasteiger partial charge is 0.456 e. The Balaban J connectivity index is 1.08. The van der Waals surface area contributed by atoms with E-state index >= 15 is 0 Å². The number of fused-ring (bicyclic) bond motifs is 7. The molecule has 9 aromatic carbocycles. The third-order valence-electron chi connectivity index (χ3n) is 11.4. The lowest BCUT2D eigenvalue weighted by molar-refractivity contribution is 0.669. The molecule has 264 valence electrons. The van der Waals surface area contributed by atoms with Crippen LogP contribution in [-0.2, 0) is 0 Å². The minimum absolute atomic E-state index is 0.587. The molecule has 4 nitrogen and oxygen atoms in total. The summed E-state index contributed by atoms with van der Waals surface area (Å²) in [7, 11) is 0. The van der Waals surface area contributed by atoms with Gasteiger partial charge in [0.2, 0.25) is 0 Å². The van der Waals surface area contributed by atoms with Crippen molar-refractivity contribution in [3.05, 3.63) is 188 Å². The van der Waals surface area contributed by atoms with Gasteiger partial charge < -0.3 is 4.42 Å². The van der Waals surface area contributed by atoms with Gasteiger partial charge in [-0.2, -0.15) is 0 Å². The maximum absolute atomic E-state index is 6.35. The van der Waals surface area contributed by atoms with Crippen LogP contribution in [-0.4, -0.2) is 15.0 Å². The van der Waals surface area contributed by atoms with Gasteiger partial charge in [0, 0.05) is 33.0 Å². The second kappa shape index (κ2) is 12.4. The molecular formula is C53H31N3O. The first-order valence-electron chi connectivity index (χ1n) is 19.3. The first-order valence-corrected chi connectivity index (χ1v) is 19.3. The summed E-state index contributed by atoms with van der Waals surface area (Å²) >= 11 is 0. The van der Waals surface area contributed by atoms with E-state index in [0.29, 0.717) is 17.5 Å². The van der Waals surface area contributed by atoms with Crippen LogP contribution in [0.1, 0.15) is 0 Å². The molecule has 2 aromatic heterocycles. The van der Waals surface area contributed by atoms with Gasteiger partial charge in [-0.15, -0.1) is 0 Å². The van der Waals surface area contributed by atoms with Gasteiger partial charge >= 0.3 is 0 Å². The molecule has 57 heavy (non-hydrogen) atoms. The Bertz CT molecular complexity index is 3400. The van der Waals surface area contributed by atoms with Crippen molar-refractivity contribution in [2.75, 3.05) is 0 Å².